The third-order valence-corrected chi connectivity index (χ3v) is 13.3. The number of nitrogens with one attached hydrogen (secondary N) is 2. The Hall–Kier alpha value is -5.14. The second kappa shape index (κ2) is 21.3. The number of amides is 4. The SMILES string of the molecule is N#Cc1ccc2ncnc(N[C@H]3CC[C@H](N4CCN(S(=O)(=O)CCOCCOCCOCCOCCOc5ccc6c(c5)C(=O)N(C5CCC(=O)NC5=O)C6=O)CC4)CC3)c2c1. The molecular formula is C42H52N8O11S. The number of rotatable bonds is 21. The summed E-state index contributed by atoms with van der Waals surface area (Å²) in [6.45, 7) is 4.81. The lowest BCUT2D eigenvalue weighted by atomic mass is 9.89. The number of aromatic nitrogens is 2. The normalized spacial score (nSPS) is 21.2. The lowest BCUT2D eigenvalue weighted by molar-refractivity contribution is -0.136. The van der Waals surface area contributed by atoms with Crippen molar-refractivity contribution in [2.45, 2.75) is 56.7 Å². The van der Waals surface area contributed by atoms with E-state index in [0.29, 0.717) is 76.6 Å². The molecule has 20 heteroatoms. The summed E-state index contributed by atoms with van der Waals surface area (Å²) in [7, 11) is -3.43. The van der Waals surface area contributed by atoms with Crippen molar-refractivity contribution in [1.29, 1.82) is 5.26 Å². The van der Waals surface area contributed by atoms with Gasteiger partial charge in [-0.25, -0.2) is 18.4 Å². The number of nitriles is 1. The number of piperazine rings is 1. The summed E-state index contributed by atoms with van der Waals surface area (Å²) >= 11 is 0. The third-order valence-electron chi connectivity index (χ3n) is 11.5. The zero-order valence-corrected chi connectivity index (χ0v) is 35.3. The van der Waals surface area contributed by atoms with E-state index in [-0.39, 0.29) is 62.2 Å². The lowest BCUT2D eigenvalue weighted by Gasteiger charge is -2.41. The fraction of sp³-hybridized carbons (Fsp3) is 0.548. The highest BCUT2D eigenvalue weighted by Gasteiger charge is 2.44. The number of sulfonamides is 1. The summed E-state index contributed by atoms with van der Waals surface area (Å²) < 4.78 is 55.4. The van der Waals surface area contributed by atoms with E-state index in [2.05, 4.69) is 31.6 Å². The van der Waals surface area contributed by atoms with Crippen LogP contribution in [-0.4, -0.2) is 166 Å². The molecule has 1 aliphatic carbocycles. The van der Waals surface area contributed by atoms with Crippen LogP contribution in [0, 0.1) is 11.3 Å². The molecule has 7 rings (SSSR count). The number of fused-ring (bicyclic) bond motifs is 2. The highest BCUT2D eigenvalue weighted by atomic mass is 32.2. The Morgan fingerprint density at radius 1 is 0.758 bits per heavy atom. The largest absolute Gasteiger partial charge is 0.491 e. The predicted molar refractivity (Wildman–Crippen MR) is 223 cm³/mol. The van der Waals surface area contributed by atoms with Crippen LogP contribution in [0.15, 0.2) is 42.7 Å². The number of imide groups is 2. The van der Waals surface area contributed by atoms with Gasteiger partial charge in [0.25, 0.3) is 11.8 Å². The van der Waals surface area contributed by atoms with Gasteiger partial charge in [0, 0.05) is 50.1 Å². The Morgan fingerprint density at radius 2 is 1.42 bits per heavy atom. The summed E-state index contributed by atoms with van der Waals surface area (Å²) in [6.07, 6.45) is 5.65. The van der Waals surface area contributed by atoms with Crippen molar-refractivity contribution in [3.05, 3.63) is 59.4 Å². The number of hydrogen-bond donors (Lipinski definition) is 2. The van der Waals surface area contributed by atoms with Crippen LogP contribution in [0.1, 0.15) is 64.8 Å². The second-order valence-electron chi connectivity index (χ2n) is 15.4. The van der Waals surface area contributed by atoms with E-state index in [1.165, 1.54) is 12.1 Å². The van der Waals surface area contributed by atoms with E-state index in [0.717, 1.165) is 47.3 Å². The molecule has 4 heterocycles. The molecule has 3 fully saturated rings. The molecule has 2 saturated heterocycles. The van der Waals surface area contributed by atoms with Crippen LogP contribution in [0.5, 0.6) is 5.75 Å². The highest BCUT2D eigenvalue weighted by Crippen LogP contribution is 2.31. The van der Waals surface area contributed by atoms with E-state index < -0.39 is 39.7 Å². The molecule has 1 atom stereocenters. The number of nitrogens with zero attached hydrogens (tertiary/aromatic N) is 6. The quantitative estimate of drug-likeness (QED) is 0.115. The van der Waals surface area contributed by atoms with Gasteiger partial charge in [-0.05, 0) is 68.5 Å². The average molecular weight is 877 g/mol. The Morgan fingerprint density at radius 3 is 2.10 bits per heavy atom. The minimum Gasteiger partial charge on any atom is -0.491 e. The summed E-state index contributed by atoms with van der Waals surface area (Å²) in [5.74, 6) is -1.23. The van der Waals surface area contributed by atoms with Gasteiger partial charge < -0.3 is 29.0 Å². The standard InChI is InChI=1S/C42H52N8O11S/c43-27-29-1-8-36-35(25-29)39(45-28-44-36)46-30-2-4-31(5-3-30)48-11-13-49(14-12-48)62(55,56)24-23-60-20-19-58-16-15-57-17-18-59-21-22-61-32-6-7-33-34(26-32)42(54)50(41(33)53)37-9-10-38(51)47-40(37)52/h1,6-8,25-26,28,30-31,37H,2-5,9-24H2,(H,44,45,46)(H,47,51,52)/t30-,31-,37?. The van der Waals surface area contributed by atoms with Gasteiger partial charge in [-0.3, -0.25) is 34.3 Å². The molecule has 4 aliphatic rings. The predicted octanol–water partition coefficient (Wildman–Crippen LogP) is 1.72. The molecule has 1 aromatic heterocycles. The zero-order chi connectivity index (χ0) is 43.5. The van der Waals surface area contributed by atoms with Crippen molar-refractivity contribution in [2.24, 2.45) is 0 Å². The van der Waals surface area contributed by atoms with Gasteiger partial charge >= 0.3 is 0 Å². The highest BCUT2D eigenvalue weighted by molar-refractivity contribution is 7.89. The summed E-state index contributed by atoms with van der Waals surface area (Å²) in [6, 6.07) is 11.8. The third kappa shape index (κ3) is 11.3. The molecule has 1 unspecified atom stereocenters. The number of carbonyl (C=O) groups is 4. The van der Waals surface area contributed by atoms with Gasteiger partial charge in [-0.2, -0.15) is 9.57 Å². The van der Waals surface area contributed by atoms with Crippen LogP contribution in [-0.2, 0) is 38.6 Å². The van der Waals surface area contributed by atoms with Gasteiger partial charge in [-0.15, -0.1) is 0 Å². The molecule has 4 amide bonds. The van der Waals surface area contributed by atoms with Gasteiger partial charge in [0.05, 0.1) is 86.9 Å². The molecule has 1 saturated carbocycles. The lowest BCUT2D eigenvalue weighted by Crippen LogP contribution is -2.54. The maximum atomic E-state index is 13.0. The summed E-state index contributed by atoms with van der Waals surface area (Å²) in [5.41, 5.74) is 1.69. The second-order valence-corrected chi connectivity index (χ2v) is 17.5. The Bertz CT molecular complexity index is 2240. The van der Waals surface area contributed by atoms with Crippen molar-refractivity contribution in [3.63, 3.8) is 0 Å². The monoisotopic (exact) mass is 876 g/mol. The zero-order valence-electron chi connectivity index (χ0n) is 34.5. The smallest absolute Gasteiger partial charge is 0.262 e. The van der Waals surface area contributed by atoms with Gasteiger partial charge in [0.1, 0.15) is 30.5 Å². The van der Waals surface area contributed by atoms with Crippen molar-refractivity contribution in [2.75, 3.05) is 96.7 Å². The molecule has 0 bridgehead atoms. The molecule has 332 valence electrons. The van der Waals surface area contributed by atoms with Gasteiger partial charge in [0.15, 0.2) is 0 Å². The molecular weight excluding hydrogens is 825 g/mol. The molecule has 2 aromatic carbocycles. The number of hydrogen-bond acceptors (Lipinski definition) is 16. The first-order valence-corrected chi connectivity index (χ1v) is 22.6. The molecule has 3 aliphatic heterocycles. The van der Waals surface area contributed by atoms with Crippen molar-refractivity contribution < 1.29 is 51.3 Å². The number of anilines is 1. The maximum Gasteiger partial charge on any atom is 0.262 e. The van der Waals surface area contributed by atoms with E-state index in [9.17, 15) is 32.9 Å². The first kappa shape index (κ1) is 44.9. The topological polar surface area (TPSA) is 232 Å². The molecule has 3 aromatic rings. The molecule has 0 radical (unpaired) electrons. The average Bonchev–Trinajstić information content (AvgIpc) is 3.52. The Kier molecular flexibility index (Phi) is 15.4. The van der Waals surface area contributed by atoms with E-state index in [1.807, 2.05) is 12.1 Å². The van der Waals surface area contributed by atoms with Crippen molar-refractivity contribution >= 4 is 50.4 Å². The molecule has 0 spiro atoms. The fourth-order valence-electron chi connectivity index (χ4n) is 8.18. The van der Waals surface area contributed by atoms with E-state index in [1.54, 1.807) is 22.8 Å². The first-order chi connectivity index (χ1) is 30.1. The Balaban J connectivity index is 0.674. The van der Waals surface area contributed by atoms with Crippen LogP contribution in [0.25, 0.3) is 10.9 Å². The van der Waals surface area contributed by atoms with Crippen LogP contribution in [0.4, 0.5) is 5.82 Å². The van der Waals surface area contributed by atoms with Gasteiger partial charge in [-0.1, -0.05) is 0 Å². The van der Waals surface area contributed by atoms with Crippen LogP contribution < -0.4 is 15.4 Å². The maximum absolute atomic E-state index is 13.0. The van der Waals surface area contributed by atoms with Gasteiger partial charge in [0.2, 0.25) is 21.8 Å². The molecule has 62 heavy (non-hydrogen) atoms. The Labute approximate surface area is 360 Å². The number of benzene rings is 2. The van der Waals surface area contributed by atoms with E-state index >= 15 is 0 Å². The molecule has 19 nitrogen and oxygen atoms in total. The van der Waals surface area contributed by atoms with Crippen molar-refractivity contribution in [3.8, 4) is 11.8 Å². The summed E-state index contributed by atoms with van der Waals surface area (Å²) in [5, 5.41) is 15.9. The number of ether oxygens (including phenoxy) is 5. The van der Waals surface area contributed by atoms with Crippen molar-refractivity contribution in [1.82, 2.24) is 29.4 Å². The summed E-state index contributed by atoms with van der Waals surface area (Å²) in [4.78, 5) is 61.7. The molecule has 2 N–H and O–H groups in total. The minimum absolute atomic E-state index is 0.0492. The number of carbonyl (C=O) groups excluding carboxylic acids is 4. The van der Waals surface area contributed by atoms with Crippen LogP contribution in [0.2, 0.25) is 0 Å². The van der Waals surface area contributed by atoms with Crippen LogP contribution in [0.3, 0.4) is 0 Å². The number of piperidine rings is 1. The fourth-order valence-corrected chi connectivity index (χ4v) is 9.49. The van der Waals surface area contributed by atoms with E-state index in [4.69, 9.17) is 23.7 Å². The first-order valence-electron chi connectivity index (χ1n) is 21.0. The minimum atomic E-state index is -3.43. The van der Waals surface area contributed by atoms with Crippen LogP contribution >= 0.6 is 0 Å².